The van der Waals surface area contributed by atoms with Crippen molar-refractivity contribution >= 4 is 17.1 Å². The van der Waals surface area contributed by atoms with Crippen LogP contribution in [0.5, 0.6) is 5.88 Å². The highest BCUT2D eigenvalue weighted by atomic mass is 19.1. The fraction of sp³-hybridized carbons (Fsp3) is 0.483. The molecule has 1 saturated carbocycles. The number of fused-ring (bicyclic) bond motifs is 4. The molecule has 3 N–H and O–H groups in total. The van der Waals surface area contributed by atoms with Crippen molar-refractivity contribution in [3.05, 3.63) is 65.6 Å². The molecule has 9 nitrogen and oxygen atoms in total. The summed E-state index contributed by atoms with van der Waals surface area (Å²) in [6.07, 6.45) is 5.03. The van der Waals surface area contributed by atoms with Crippen LogP contribution in [-0.4, -0.2) is 59.2 Å². The van der Waals surface area contributed by atoms with Crippen LogP contribution in [0.25, 0.3) is 11.0 Å². The summed E-state index contributed by atoms with van der Waals surface area (Å²) in [7, 11) is 0. The average Bonchev–Trinajstić information content (AvgIpc) is 3.39. The second kappa shape index (κ2) is 10.7. The van der Waals surface area contributed by atoms with Crippen LogP contribution in [-0.2, 0) is 27.2 Å². The lowest BCUT2D eigenvalue weighted by Crippen LogP contribution is -2.59. The largest absolute Gasteiger partial charge is 0.470 e. The van der Waals surface area contributed by atoms with E-state index in [9.17, 15) is 4.79 Å². The van der Waals surface area contributed by atoms with Gasteiger partial charge in [-0.15, -0.1) is 0 Å². The summed E-state index contributed by atoms with van der Waals surface area (Å²) in [4.78, 5) is 21.2. The van der Waals surface area contributed by atoms with Crippen LogP contribution in [0.15, 0.2) is 48.7 Å². The van der Waals surface area contributed by atoms with Crippen molar-refractivity contribution in [1.29, 1.82) is 0 Å². The molecule has 0 radical (unpaired) electrons. The second-order valence-electron chi connectivity index (χ2n) is 10.9. The van der Waals surface area contributed by atoms with Gasteiger partial charge in [-0.1, -0.05) is 30.3 Å². The number of hydrogen-bond acceptors (Lipinski definition) is 8. The number of carbonyl (C=O) groups excluding carboxylic acids is 1. The normalized spacial score (nSPS) is 27.9. The van der Waals surface area contributed by atoms with Gasteiger partial charge in [-0.25, -0.2) is 14.2 Å². The summed E-state index contributed by atoms with van der Waals surface area (Å²) in [5.41, 5.74) is 8.35. The van der Waals surface area contributed by atoms with Gasteiger partial charge in [-0.3, -0.25) is 4.98 Å². The first-order valence-corrected chi connectivity index (χ1v) is 13.5. The van der Waals surface area contributed by atoms with Crippen molar-refractivity contribution in [3.63, 3.8) is 0 Å². The summed E-state index contributed by atoms with van der Waals surface area (Å²) in [6.45, 7) is 1.28. The minimum absolute atomic E-state index is 0.165. The molecular formula is C29H33FN4O5. The summed E-state index contributed by atoms with van der Waals surface area (Å²) in [5, 5.41) is 2.82. The van der Waals surface area contributed by atoms with Gasteiger partial charge in [0.1, 0.15) is 18.5 Å². The third kappa shape index (κ3) is 5.68. The fourth-order valence-electron chi connectivity index (χ4n) is 5.70. The predicted octanol–water partition coefficient (Wildman–Crippen LogP) is 3.81. The molecule has 7 rings (SSSR count). The van der Waals surface area contributed by atoms with E-state index in [0.717, 1.165) is 31.2 Å². The van der Waals surface area contributed by atoms with Crippen LogP contribution in [0, 0.1) is 5.82 Å². The number of nitrogens with zero attached hydrogens (tertiary/aromatic N) is 2. The molecule has 39 heavy (non-hydrogen) atoms. The van der Waals surface area contributed by atoms with Gasteiger partial charge in [0.25, 0.3) is 0 Å². The number of nitrogens with one attached hydrogen (secondary N) is 1. The lowest BCUT2D eigenvalue weighted by molar-refractivity contribution is -0.156. The minimum Gasteiger partial charge on any atom is -0.470 e. The maximum atomic E-state index is 15.0. The van der Waals surface area contributed by atoms with Crippen LogP contribution in [0.3, 0.4) is 0 Å². The monoisotopic (exact) mass is 536 g/mol. The summed E-state index contributed by atoms with van der Waals surface area (Å²) in [6, 6.07) is 12.5. The van der Waals surface area contributed by atoms with E-state index in [1.807, 2.05) is 30.3 Å². The molecular weight excluding hydrogens is 503 g/mol. The highest BCUT2D eigenvalue weighted by Crippen LogP contribution is 2.45. The number of alkyl carbamates (subject to hydrolysis) is 1. The SMILES string of the molecule is NC12CCC(CCc3c(F)cnc4ccc(OC5COCC5NC(=O)OCc5ccccc5)nc34)(CC1)OC2. The van der Waals surface area contributed by atoms with Crippen LogP contribution < -0.4 is 15.8 Å². The Hall–Kier alpha value is -3.34. The number of carbonyl (C=O) groups is 1. The molecule has 4 fully saturated rings. The van der Waals surface area contributed by atoms with Crippen molar-refractivity contribution in [3.8, 4) is 5.88 Å². The number of benzene rings is 1. The Bertz CT molecular complexity index is 1320. The minimum atomic E-state index is -0.554. The fourth-order valence-corrected chi connectivity index (χ4v) is 5.70. The number of nitrogens with two attached hydrogens (primary N) is 1. The molecule has 3 saturated heterocycles. The molecule has 3 aliphatic heterocycles. The van der Waals surface area contributed by atoms with Gasteiger partial charge in [0.05, 0.1) is 48.7 Å². The van der Waals surface area contributed by atoms with E-state index >= 15 is 4.39 Å². The van der Waals surface area contributed by atoms with E-state index in [1.54, 1.807) is 12.1 Å². The maximum absolute atomic E-state index is 15.0. The van der Waals surface area contributed by atoms with Gasteiger partial charge in [-0.05, 0) is 50.2 Å². The molecule has 2 atom stereocenters. The van der Waals surface area contributed by atoms with Gasteiger partial charge >= 0.3 is 6.09 Å². The van der Waals surface area contributed by atoms with E-state index in [4.69, 9.17) is 24.7 Å². The van der Waals surface area contributed by atoms with E-state index in [-0.39, 0.29) is 31.0 Å². The first-order chi connectivity index (χ1) is 18.9. The number of hydrogen-bond donors (Lipinski definition) is 2. The Labute approximate surface area is 226 Å². The average molecular weight is 537 g/mol. The molecule has 1 aliphatic carbocycles. The van der Waals surface area contributed by atoms with Gasteiger partial charge < -0.3 is 30.0 Å². The number of halogens is 1. The van der Waals surface area contributed by atoms with Gasteiger partial charge in [0, 0.05) is 17.2 Å². The molecule has 0 spiro atoms. The van der Waals surface area contributed by atoms with Crippen molar-refractivity contribution in [2.24, 2.45) is 5.73 Å². The lowest BCUT2D eigenvalue weighted by Gasteiger charge is -2.51. The Morgan fingerprint density at radius 3 is 2.72 bits per heavy atom. The molecule has 4 aliphatic rings. The molecule has 206 valence electrons. The Morgan fingerprint density at radius 2 is 1.95 bits per heavy atom. The third-order valence-electron chi connectivity index (χ3n) is 8.21. The molecule has 2 unspecified atom stereocenters. The number of ether oxygens (including phenoxy) is 4. The third-order valence-corrected chi connectivity index (χ3v) is 8.21. The zero-order chi connectivity index (χ0) is 26.9. The maximum Gasteiger partial charge on any atom is 0.407 e. The molecule has 10 heteroatoms. The van der Waals surface area contributed by atoms with Gasteiger partial charge in [-0.2, -0.15) is 0 Å². The van der Waals surface area contributed by atoms with Crippen molar-refractivity contribution in [2.45, 2.75) is 68.4 Å². The van der Waals surface area contributed by atoms with Crippen molar-refractivity contribution in [1.82, 2.24) is 15.3 Å². The number of aromatic nitrogens is 2. The molecule has 1 aromatic carbocycles. The topological polar surface area (TPSA) is 118 Å². The lowest BCUT2D eigenvalue weighted by atomic mass is 9.70. The van der Waals surface area contributed by atoms with E-state index in [0.29, 0.717) is 41.9 Å². The summed E-state index contributed by atoms with van der Waals surface area (Å²) < 4.78 is 38.2. The van der Waals surface area contributed by atoms with Crippen molar-refractivity contribution < 1.29 is 28.1 Å². The summed E-state index contributed by atoms with van der Waals surface area (Å²) in [5.74, 6) is -0.0815. The Balaban J connectivity index is 1.12. The molecule has 1 amide bonds. The zero-order valence-electron chi connectivity index (χ0n) is 21.7. The van der Waals surface area contributed by atoms with Gasteiger partial charge in [0.15, 0.2) is 0 Å². The van der Waals surface area contributed by atoms with Crippen LogP contribution in [0.2, 0.25) is 0 Å². The predicted molar refractivity (Wildman–Crippen MR) is 141 cm³/mol. The highest BCUT2D eigenvalue weighted by Gasteiger charge is 2.47. The first-order valence-electron chi connectivity index (χ1n) is 13.5. The molecule has 2 aromatic heterocycles. The first kappa shape index (κ1) is 25.9. The number of amides is 1. The quantitative estimate of drug-likeness (QED) is 0.446. The Kier molecular flexibility index (Phi) is 7.09. The number of rotatable bonds is 8. The van der Waals surface area contributed by atoms with Crippen LogP contribution in [0.4, 0.5) is 9.18 Å². The van der Waals surface area contributed by atoms with Gasteiger partial charge in [0.2, 0.25) is 5.88 Å². The second-order valence-corrected chi connectivity index (χ2v) is 10.9. The van der Waals surface area contributed by atoms with Crippen LogP contribution in [0.1, 0.15) is 43.2 Å². The number of aryl methyl sites for hydroxylation is 1. The molecule has 2 bridgehead atoms. The molecule has 3 aromatic rings. The smallest absolute Gasteiger partial charge is 0.407 e. The van der Waals surface area contributed by atoms with Crippen LogP contribution >= 0.6 is 0 Å². The Morgan fingerprint density at radius 1 is 1.13 bits per heavy atom. The summed E-state index contributed by atoms with van der Waals surface area (Å²) >= 11 is 0. The molecule has 5 heterocycles. The van der Waals surface area contributed by atoms with E-state index in [2.05, 4.69) is 15.3 Å². The zero-order valence-corrected chi connectivity index (χ0v) is 21.7. The van der Waals surface area contributed by atoms with Crippen molar-refractivity contribution in [2.75, 3.05) is 19.8 Å². The number of pyridine rings is 2. The van der Waals surface area contributed by atoms with E-state index in [1.165, 1.54) is 6.20 Å². The van der Waals surface area contributed by atoms with E-state index < -0.39 is 24.1 Å². The standard InChI is InChI=1S/C29H33FN4O5/c30-21-14-32-22-6-7-25(34-26(22)20(21)8-9-29-12-10-28(31,11-13-29)18-38-29)39-24-17-36-16-23(24)33-27(35)37-15-19-4-2-1-3-5-19/h1-7,14,23-24H,8-13,15-18,31H2,(H,33,35). The highest BCUT2D eigenvalue weighted by molar-refractivity contribution is 5.78.